The molecular weight excluding hydrogens is 636 g/mol. The number of benzene rings is 2. The van der Waals surface area contributed by atoms with Crippen LogP contribution in [0.5, 0.6) is 11.5 Å². The first-order chi connectivity index (χ1) is 23.2. The number of hydrogen-bond acceptors (Lipinski definition) is 10. The quantitative estimate of drug-likeness (QED) is 0.145. The molecule has 2 aromatic carbocycles. The SMILES string of the molecule is Cc1nc(C)c(C)nc1C.Cc1nc(C)c(C)nc1C.Cc1nc(C)c(C)nc1C.O=C(O)c1cccc(O)c1.O=C(O)c1cccc(O)c1. The van der Waals surface area contributed by atoms with Crippen molar-refractivity contribution >= 4 is 11.9 Å². The Morgan fingerprint density at radius 2 is 0.560 bits per heavy atom. The van der Waals surface area contributed by atoms with E-state index in [0.29, 0.717) is 0 Å². The van der Waals surface area contributed by atoms with E-state index in [1.165, 1.54) is 48.5 Å². The van der Waals surface area contributed by atoms with E-state index in [1.807, 2.05) is 83.1 Å². The number of carbonyl (C=O) groups is 2. The average Bonchev–Trinajstić information content (AvgIpc) is 3.03. The first-order valence-electron chi connectivity index (χ1n) is 15.6. The van der Waals surface area contributed by atoms with Crippen LogP contribution in [0, 0.1) is 83.1 Å². The van der Waals surface area contributed by atoms with Gasteiger partial charge in [-0.1, -0.05) is 12.1 Å². The molecule has 4 N–H and O–H groups in total. The second kappa shape index (κ2) is 19.9. The molecule has 0 aliphatic heterocycles. The molecule has 0 saturated carbocycles. The number of phenols is 2. The Labute approximate surface area is 294 Å². The van der Waals surface area contributed by atoms with Gasteiger partial charge in [0.15, 0.2) is 0 Å². The van der Waals surface area contributed by atoms with Crippen molar-refractivity contribution < 1.29 is 30.0 Å². The first kappa shape index (κ1) is 42.2. The minimum atomic E-state index is -1.03. The number of carboxylic acid groups (broad SMARTS) is 2. The number of carboxylic acids is 2. The van der Waals surface area contributed by atoms with E-state index in [2.05, 4.69) is 29.9 Å². The Bertz CT molecular complexity index is 1590. The van der Waals surface area contributed by atoms with E-state index in [9.17, 15) is 9.59 Å². The third-order valence-electron chi connectivity index (χ3n) is 7.34. The molecule has 12 nitrogen and oxygen atoms in total. The highest BCUT2D eigenvalue weighted by Crippen LogP contribution is 2.11. The lowest BCUT2D eigenvalue weighted by atomic mass is 10.2. The van der Waals surface area contributed by atoms with E-state index in [-0.39, 0.29) is 22.6 Å². The highest BCUT2D eigenvalue weighted by molar-refractivity contribution is 5.88. The molecule has 0 aliphatic rings. The Kier molecular flexibility index (Phi) is 16.8. The normalized spacial score (nSPS) is 9.68. The van der Waals surface area contributed by atoms with Gasteiger partial charge in [0.2, 0.25) is 0 Å². The number of rotatable bonds is 2. The van der Waals surface area contributed by atoms with Crippen LogP contribution in [-0.2, 0) is 0 Å². The van der Waals surface area contributed by atoms with Crippen molar-refractivity contribution in [2.75, 3.05) is 0 Å². The smallest absolute Gasteiger partial charge is 0.335 e. The standard InChI is InChI=1S/3C8H12N2.2C7H6O3/c3*1-5-6(2)10-8(4)7(3)9-5;2*8-6-3-1-2-5(4-6)7(9)10/h3*1-4H3;2*1-4,8H,(H,9,10). The monoisotopic (exact) mass is 684 g/mol. The van der Waals surface area contributed by atoms with Gasteiger partial charge in [-0.05, 0) is 119 Å². The van der Waals surface area contributed by atoms with Gasteiger partial charge in [-0.3, -0.25) is 29.9 Å². The Hall–Kier alpha value is -5.78. The molecule has 0 amide bonds. The molecule has 0 aliphatic carbocycles. The van der Waals surface area contributed by atoms with Crippen molar-refractivity contribution in [3.05, 3.63) is 128 Å². The number of aromatic nitrogens is 6. The van der Waals surface area contributed by atoms with Crippen LogP contribution in [0.1, 0.15) is 89.0 Å². The average molecular weight is 685 g/mol. The molecule has 0 spiro atoms. The van der Waals surface area contributed by atoms with Crippen LogP contribution in [0.15, 0.2) is 48.5 Å². The number of aromatic carboxylic acids is 2. The zero-order chi connectivity index (χ0) is 38.3. The minimum Gasteiger partial charge on any atom is -0.508 e. The molecule has 5 aromatic rings. The van der Waals surface area contributed by atoms with Gasteiger partial charge in [-0.15, -0.1) is 0 Å². The Balaban J connectivity index is 0.000000312. The number of aryl methyl sites for hydroxylation is 12. The predicted octanol–water partition coefficient (Wildman–Crippen LogP) is 7.31. The summed E-state index contributed by atoms with van der Waals surface area (Å²) in [6, 6.07) is 11.0. The van der Waals surface area contributed by atoms with E-state index >= 15 is 0 Å². The molecule has 3 aromatic heterocycles. The second-order valence-electron chi connectivity index (χ2n) is 11.4. The van der Waals surface area contributed by atoms with Crippen molar-refractivity contribution in [1.82, 2.24) is 29.9 Å². The number of aromatic hydroxyl groups is 2. The summed E-state index contributed by atoms with van der Waals surface area (Å²) >= 11 is 0. The zero-order valence-corrected chi connectivity index (χ0v) is 30.9. The molecular formula is C38H48N6O6. The topological polar surface area (TPSA) is 192 Å². The summed E-state index contributed by atoms with van der Waals surface area (Å²) in [5.41, 5.74) is 12.6. The second-order valence-corrected chi connectivity index (χ2v) is 11.4. The van der Waals surface area contributed by atoms with Gasteiger partial charge in [-0.2, -0.15) is 0 Å². The van der Waals surface area contributed by atoms with Crippen molar-refractivity contribution in [2.24, 2.45) is 0 Å². The van der Waals surface area contributed by atoms with Crippen LogP contribution < -0.4 is 0 Å². The molecule has 0 saturated heterocycles. The Morgan fingerprint density at radius 3 is 0.680 bits per heavy atom. The highest BCUT2D eigenvalue weighted by Gasteiger charge is 2.03. The van der Waals surface area contributed by atoms with E-state index in [1.54, 1.807) is 0 Å². The third kappa shape index (κ3) is 14.5. The minimum absolute atomic E-state index is 0.0279. The number of phenolic OH excluding ortho intramolecular Hbond substituents is 2. The van der Waals surface area contributed by atoms with Gasteiger partial charge >= 0.3 is 11.9 Å². The third-order valence-corrected chi connectivity index (χ3v) is 7.34. The van der Waals surface area contributed by atoms with E-state index < -0.39 is 11.9 Å². The van der Waals surface area contributed by atoms with Gasteiger partial charge in [0.25, 0.3) is 0 Å². The maximum atomic E-state index is 10.2. The summed E-state index contributed by atoms with van der Waals surface area (Å²) in [6.45, 7) is 23.8. The molecule has 0 radical (unpaired) electrons. The molecule has 0 atom stereocenters. The maximum absolute atomic E-state index is 10.2. The van der Waals surface area contributed by atoms with Crippen LogP contribution in [0.2, 0.25) is 0 Å². The molecule has 0 bridgehead atoms. The Morgan fingerprint density at radius 1 is 0.380 bits per heavy atom. The van der Waals surface area contributed by atoms with Crippen molar-refractivity contribution in [3.8, 4) is 11.5 Å². The lowest BCUT2D eigenvalue weighted by Crippen LogP contribution is -1.97. The lowest BCUT2D eigenvalue weighted by molar-refractivity contribution is 0.0685. The zero-order valence-electron chi connectivity index (χ0n) is 30.9. The fourth-order valence-corrected chi connectivity index (χ4v) is 3.76. The summed E-state index contributed by atoms with van der Waals surface area (Å²) in [7, 11) is 0. The van der Waals surface area contributed by atoms with Crippen LogP contribution in [-0.4, -0.2) is 62.3 Å². The summed E-state index contributed by atoms with van der Waals surface area (Å²) in [5, 5.41) is 34.4. The molecule has 266 valence electrons. The van der Waals surface area contributed by atoms with Crippen molar-refractivity contribution in [1.29, 1.82) is 0 Å². The van der Waals surface area contributed by atoms with Gasteiger partial charge in [0.1, 0.15) is 11.5 Å². The van der Waals surface area contributed by atoms with Crippen LogP contribution in [0.4, 0.5) is 0 Å². The molecule has 5 rings (SSSR count). The van der Waals surface area contributed by atoms with E-state index in [0.717, 1.165) is 68.3 Å². The summed E-state index contributed by atoms with van der Waals surface area (Å²) in [4.78, 5) is 46.3. The fourth-order valence-electron chi connectivity index (χ4n) is 3.76. The van der Waals surface area contributed by atoms with Crippen molar-refractivity contribution in [3.63, 3.8) is 0 Å². The maximum Gasteiger partial charge on any atom is 0.335 e. The van der Waals surface area contributed by atoms with Crippen LogP contribution in [0.25, 0.3) is 0 Å². The number of hydrogen-bond donors (Lipinski definition) is 4. The first-order valence-corrected chi connectivity index (χ1v) is 15.6. The van der Waals surface area contributed by atoms with Crippen LogP contribution in [0.3, 0.4) is 0 Å². The number of nitrogens with zero attached hydrogens (tertiary/aromatic N) is 6. The summed E-state index contributed by atoms with van der Waals surface area (Å²) in [6.07, 6.45) is 0. The van der Waals surface area contributed by atoms with Gasteiger partial charge in [0.05, 0.1) is 79.5 Å². The highest BCUT2D eigenvalue weighted by atomic mass is 16.4. The lowest BCUT2D eigenvalue weighted by Gasteiger charge is -2.01. The molecule has 0 unspecified atom stereocenters. The molecule has 12 heteroatoms. The molecule has 50 heavy (non-hydrogen) atoms. The predicted molar refractivity (Wildman–Crippen MR) is 193 cm³/mol. The molecule has 3 heterocycles. The van der Waals surface area contributed by atoms with Gasteiger partial charge in [-0.25, -0.2) is 9.59 Å². The van der Waals surface area contributed by atoms with Crippen molar-refractivity contribution in [2.45, 2.75) is 83.1 Å². The largest absolute Gasteiger partial charge is 0.508 e. The van der Waals surface area contributed by atoms with Gasteiger partial charge < -0.3 is 20.4 Å². The van der Waals surface area contributed by atoms with E-state index in [4.69, 9.17) is 20.4 Å². The van der Waals surface area contributed by atoms with Crippen LogP contribution >= 0.6 is 0 Å². The summed E-state index contributed by atoms with van der Waals surface area (Å²) in [5.74, 6) is -2.12. The van der Waals surface area contributed by atoms with Gasteiger partial charge in [0, 0.05) is 0 Å². The fraction of sp³-hybridized carbons (Fsp3) is 0.316. The summed E-state index contributed by atoms with van der Waals surface area (Å²) < 4.78 is 0. The molecule has 0 fully saturated rings.